The molecule has 8 nitrogen and oxygen atoms in total. The zero-order valence-electron chi connectivity index (χ0n) is 21.6. The summed E-state index contributed by atoms with van der Waals surface area (Å²) in [7, 11) is 1.95. The van der Waals surface area contributed by atoms with Crippen LogP contribution in [0, 0.1) is 19.3 Å². The van der Waals surface area contributed by atoms with Gasteiger partial charge in [-0.25, -0.2) is 0 Å². The normalized spacial score (nSPS) is 16.8. The summed E-state index contributed by atoms with van der Waals surface area (Å²) in [5, 5.41) is 19.9. The van der Waals surface area contributed by atoms with Gasteiger partial charge in [0.25, 0.3) is 0 Å². The summed E-state index contributed by atoms with van der Waals surface area (Å²) in [6.45, 7) is 9.38. The molecule has 4 heterocycles. The number of carbonyl (C=O) groups excluding carboxylic acids is 1. The second-order valence-corrected chi connectivity index (χ2v) is 11.3. The number of aromatic amines is 1. The lowest BCUT2D eigenvalue weighted by atomic mass is 9.60. The number of amides is 1. The van der Waals surface area contributed by atoms with Crippen LogP contribution in [0.2, 0.25) is 5.02 Å². The van der Waals surface area contributed by atoms with E-state index in [-0.39, 0.29) is 17.4 Å². The van der Waals surface area contributed by atoms with Crippen LogP contribution in [-0.2, 0) is 11.8 Å². The Hall–Kier alpha value is -3.91. The van der Waals surface area contributed by atoms with Crippen LogP contribution in [0.15, 0.2) is 49.3 Å². The Morgan fingerprint density at radius 3 is 2.74 bits per heavy atom. The maximum absolute atomic E-state index is 12.0. The third-order valence-electron chi connectivity index (χ3n) is 8.51. The van der Waals surface area contributed by atoms with E-state index in [4.69, 9.17) is 16.7 Å². The molecule has 1 spiro atoms. The van der Waals surface area contributed by atoms with Gasteiger partial charge in [-0.3, -0.25) is 19.3 Å². The molecule has 1 saturated heterocycles. The maximum atomic E-state index is 12.0. The number of nitrogens with one attached hydrogen (secondary N) is 1. The molecule has 5 aromatic rings. The van der Waals surface area contributed by atoms with Crippen LogP contribution in [0.4, 0.5) is 0 Å². The minimum Gasteiger partial charge on any atom is -0.338 e. The molecule has 1 saturated carbocycles. The van der Waals surface area contributed by atoms with E-state index in [0.717, 1.165) is 81.4 Å². The molecule has 9 heteroatoms. The second-order valence-electron chi connectivity index (χ2n) is 11.0. The third kappa shape index (κ3) is 3.22. The summed E-state index contributed by atoms with van der Waals surface area (Å²) in [6, 6.07) is 8.67. The minimum absolute atomic E-state index is 0.0164. The first-order valence-corrected chi connectivity index (χ1v) is 13.2. The van der Waals surface area contributed by atoms with Crippen LogP contribution in [-0.4, -0.2) is 53.7 Å². The highest BCUT2D eigenvalue weighted by Gasteiger charge is 2.54. The Bertz CT molecular complexity index is 1780. The van der Waals surface area contributed by atoms with Crippen LogP contribution >= 0.6 is 11.6 Å². The lowest BCUT2D eigenvalue weighted by Crippen LogP contribution is -2.63. The largest absolute Gasteiger partial charge is 0.338 e. The van der Waals surface area contributed by atoms with Gasteiger partial charge in [0, 0.05) is 58.7 Å². The quantitative estimate of drug-likeness (QED) is 0.309. The number of nitrogens with zero attached hydrogens (tertiary/aromatic N) is 6. The zero-order valence-corrected chi connectivity index (χ0v) is 22.4. The van der Waals surface area contributed by atoms with E-state index >= 15 is 0 Å². The zero-order chi connectivity index (χ0) is 26.3. The van der Waals surface area contributed by atoms with Crippen LogP contribution < -0.4 is 0 Å². The average molecular weight is 526 g/mol. The van der Waals surface area contributed by atoms with Gasteiger partial charge in [0.1, 0.15) is 5.69 Å². The van der Waals surface area contributed by atoms with E-state index in [1.165, 1.54) is 6.08 Å². The molecule has 0 radical (unpaired) electrons. The Morgan fingerprint density at radius 2 is 1.97 bits per heavy atom. The van der Waals surface area contributed by atoms with Crippen molar-refractivity contribution in [3.8, 4) is 22.4 Å². The monoisotopic (exact) mass is 525 g/mol. The van der Waals surface area contributed by atoms with E-state index in [1.807, 2.05) is 42.0 Å². The number of H-pyrrole nitrogens is 1. The SMILES string of the molecule is C=CC(=O)N1CC2(CC(n3nc(-c4ccc5cnn(C)c5c4)c(-c4c(Cl)c(C)cc5[nH]ncc45)c3C)C2)C1. The fraction of sp³-hybridized carbons (Fsp3) is 0.310. The van der Waals surface area contributed by atoms with Gasteiger partial charge in [-0.1, -0.05) is 30.3 Å². The van der Waals surface area contributed by atoms with Gasteiger partial charge < -0.3 is 4.90 Å². The van der Waals surface area contributed by atoms with Gasteiger partial charge in [-0.05, 0) is 50.5 Å². The molecule has 192 valence electrons. The molecule has 0 atom stereocenters. The number of hydrogen-bond donors (Lipinski definition) is 1. The highest BCUT2D eigenvalue weighted by atomic mass is 35.5. The number of hydrogen-bond acceptors (Lipinski definition) is 4. The summed E-state index contributed by atoms with van der Waals surface area (Å²) in [4.78, 5) is 13.9. The molecule has 2 fully saturated rings. The fourth-order valence-electron chi connectivity index (χ4n) is 6.53. The Labute approximate surface area is 224 Å². The van der Waals surface area contributed by atoms with Crippen LogP contribution in [0.25, 0.3) is 44.2 Å². The summed E-state index contributed by atoms with van der Waals surface area (Å²) < 4.78 is 4.07. The van der Waals surface area contributed by atoms with E-state index in [9.17, 15) is 4.79 Å². The molecule has 3 aromatic heterocycles. The first kappa shape index (κ1) is 23.2. The third-order valence-corrected chi connectivity index (χ3v) is 9.00. The summed E-state index contributed by atoms with van der Waals surface area (Å²) in [6.07, 6.45) is 7.12. The van der Waals surface area contributed by atoms with Crippen molar-refractivity contribution in [1.29, 1.82) is 0 Å². The number of halogens is 1. The summed E-state index contributed by atoms with van der Waals surface area (Å²) in [5.74, 6) is 0.0164. The lowest BCUT2D eigenvalue weighted by Gasteiger charge is -2.58. The van der Waals surface area contributed by atoms with Gasteiger partial charge in [-0.15, -0.1) is 0 Å². The Balaban J connectivity index is 1.37. The molecule has 0 bridgehead atoms. The van der Waals surface area contributed by atoms with E-state index in [2.05, 4.69) is 51.7 Å². The number of aryl methyl sites for hydroxylation is 2. The van der Waals surface area contributed by atoms with Crippen molar-refractivity contribution in [2.24, 2.45) is 12.5 Å². The van der Waals surface area contributed by atoms with Gasteiger partial charge >= 0.3 is 0 Å². The first-order valence-electron chi connectivity index (χ1n) is 12.8. The standard InChI is InChI=1S/C29H28ClN7O/c1-5-24(38)36-14-29(15-36)10-20(11-29)37-17(3)25(26-21-13-31-33-22(21)8-16(2)27(26)30)28(34-37)18-6-7-19-12-32-35(4)23(19)9-18/h5-9,12-13,20H,1,10-11,14-15H2,2-4H3,(H,31,33). The maximum Gasteiger partial charge on any atom is 0.245 e. The highest BCUT2D eigenvalue weighted by Crippen LogP contribution is 2.55. The molecule has 2 aromatic carbocycles. The topological polar surface area (TPSA) is 84.6 Å². The molecule has 7 rings (SSSR count). The average Bonchev–Trinajstić information content (AvgIpc) is 3.56. The van der Waals surface area contributed by atoms with Crippen LogP contribution in [0.1, 0.15) is 30.1 Å². The number of benzene rings is 2. The first-order chi connectivity index (χ1) is 18.3. The molecule has 2 aliphatic rings. The molecular formula is C29H28ClN7O. The molecule has 1 N–H and O–H groups in total. The summed E-state index contributed by atoms with van der Waals surface area (Å²) >= 11 is 7.03. The molecule has 1 aliphatic heterocycles. The van der Waals surface area contributed by atoms with Crippen molar-refractivity contribution in [2.45, 2.75) is 32.7 Å². The van der Waals surface area contributed by atoms with Gasteiger partial charge in [-0.2, -0.15) is 15.3 Å². The number of fused-ring (bicyclic) bond motifs is 2. The van der Waals surface area contributed by atoms with Gasteiger partial charge in [0.15, 0.2) is 0 Å². The molecule has 0 unspecified atom stereocenters. The van der Waals surface area contributed by atoms with E-state index < -0.39 is 0 Å². The van der Waals surface area contributed by atoms with Crippen molar-refractivity contribution >= 4 is 39.3 Å². The van der Waals surface area contributed by atoms with Crippen molar-refractivity contribution < 1.29 is 4.79 Å². The molecular weight excluding hydrogens is 498 g/mol. The molecule has 1 aliphatic carbocycles. The lowest BCUT2D eigenvalue weighted by molar-refractivity contribution is -0.149. The van der Waals surface area contributed by atoms with Crippen LogP contribution in [0.5, 0.6) is 0 Å². The van der Waals surface area contributed by atoms with Crippen LogP contribution in [0.3, 0.4) is 0 Å². The van der Waals surface area contributed by atoms with Crippen molar-refractivity contribution in [3.05, 3.63) is 65.6 Å². The predicted molar refractivity (Wildman–Crippen MR) is 149 cm³/mol. The van der Waals surface area contributed by atoms with E-state index in [0.29, 0.717) is 5.02 Å². The Kier molecular flexibility index (Phi) is 4.92. The summed E-state index contributed by atoms with van der Waals surface area (Å²) in [5.41, 5.74) is 8.17. The fourth-order valence-corrected chi connectivity index (χ4v) is 6.78. The number of aromatic nitrogens is 6. The van der Waals surface area contributed by atoms with Gasteiger partial charge in [0.2, 0.25) is 5.91 Å². The second kappa shape index (κ2) is 8.04. The van der Waals surface area contributed by atoms with Crippen molar-refractivity contribution in [1.82, 2.24) is 34.7 Å². The Morgan fingerprint density at radius 1 is 1.18 bits per heavy atom. The van der Waals surface area contributed by atoms with Crippen molar-refractivity contribution in [2.75, 3.05) is 13.1 Å². The molecule has 1 amide bonds. The molecule has 38 heavy (non-hydrogen) atoms. The smallest absolute Gasteiger partial charge is 0.245 e. The number of likely N-dealkylation sites (tertiary alicyclic amines) is 1. The number of carbonyl (C=O) groups is 1. The van der Waals surface area contributed by atoms with Crippen molar-refractivity contribution in [3.63, 3.8) is 0 Å². The predicted octanol–water partition coefficient (Wildman–Crippen LogP) is 5.60. The van der Waals surface area contributed by atoms with Gasteiger partial charge in [0.05, 0.1) is 34.5 Å². The van der Waals surface area contributed by atoms with E-state index in [1.54, 1.807) is 0 Å². The highest BCUT2D eigenvalue weighted by molar-refractivity contribution is 6.36. The number of rotatable bonds is 4. The minimum atomic E-state index is 0.0164.